The Kier molecular flexibility index (Phi) is 2.46. The van der Waals surface area contributed by atoms with Gasteiger partial charge in [0.25, 0.3) is 0 Å². The van der Waals surface area contributed by atoms with Gasteiger partial charge in [-0.05, 0) is 6.08 Å². The van der Waals surface area contributed by atoms with Crippen molar-refractivity contribution in [2.45, 2.75) is 6.42 Å². The van der Waals surface area contributed by atoms with Crippen LogP contribution in [0.25, 0.3) is 0 Å². The lowest BCUT2D eigenvalue weighted by Crippen LogP contribution is -2.19. The van der Waals surface area contributed by atoms with E-state index < -0.39 is 29.2 Å². The van der Waals surface area contributed by atoms with Gasteiger partial charge in [0.05, 0.1) is 13.0 Å². The fourth-order valence-electron chi connectivity index (χ4n) is 1.08. The Morgan fingerprint density at radius 2 is 2.15 bits per heavy atom. The zero-order valence-corrected chi connectivity index (χ0v) is 7.02. The third-order valence-corrected chi connectivity index (χ3v) is 1.79. The molecule has 1 aliphatic rings. The first-order valence-electron chi connectivity index (χ1n) is 3.66. The van der Waals surface area contributed by atoms with Crippen molar-refractivity contribution in [1.82, 2.24) is 0 Å². The molecule has 1 aliphatic carbocycles. The Labute approximate surface area is 74.6 Å². The molecule has 0 saturated heterocycles. The maximum Gasteiger partial charge on any atom is 0.313 e. The van der Waals surface area contributed by atoms with Crippen LogP contribution in [-0.4, -0.2) is 28.4 Å². The van der Waals surface area contributed by atoms with Crippen LogP contribution in [0.3, 0.4) is 0 Å². The number of hydrogen-bond acceptors (Lipinski definition) is 5. The molecule has 72 valence electrons. The minimum atomic E-state index is -0.735. The lowest BCUT2D eigenvalue weighted by molar-refractivity contribution is -0.144. The Morgan fingerprint density at radius 3 is 2.62 bits per heavy atom. The molecule has 1 atom stereocenters. The molecule has 0 aliphatic heterocycles. The van der Waals surface area contributed by atoms with Gasteiger partial charge in [0.15, 0.2) is 11.5 Å². The number of allylic oxidation sites excluding steroid dienone is 1. The summed E-state index contributed by atoms with van der Waals surface area (Å²) >= 11 is 0. The fourth-order valence-corrected chi connectivity index (χ4v) is 1.08. The first-order chi connectivity index (χ1) is 6.06. The average Bonchev–Trinajstić information content (AvgIpc) is 2.12. The SMILES string of the molecule is COC(=O)C1C=C(O)C(O)=C(O)C1. The molecule has 0 spiro atoms. The summed E-state index contributed by atoms with van der Waals surface area (Å²) in [4.78, 5) is 11.0. The molecule has 0 fully saturated rings. The van der Waals surface area contributed by atoms with Crippen molar-refractivity contribution in [3.8, 4) is 0 Å². The normalized spacial score (nSPS) is 22.5. The molecule has 3 N–H and O–H groups in total. The number of methoxy groups -OCH3 is 1. The van der Waals surface area contributed by atoms with Gasteiger partial charge in [0.2, 0.25) is 0 Å². The van der Waals surface area contributed by atoms with E-state index in [4.69, 9.17) is 15.3 Å². The van der Waals surface area contributed by atoms with E-state index in [0.717, 1.165) is 6.08 Å². The Balaban J connectivity index is 2.85. The van der Waals surface area contributed by atoms with Crippen molar-refractivity contribution < 1.29 is 24.9 Å². The number of carbonyl (C=O) groups excluding carboxylic acids is 1. The highest BCUT2D eigenvalue weighted by Crippen LogP contribution is 2.25. The quantitative estimate of drug-likeness (QED) is 0.530. The lowest BCUT2D eigenvalue weighted by Gasteiger charge is -2.16. The maximum atomic E-state index is 11.0. The molecule has 0 radical (unpaired) electrons. The van der Waals surface area contributed by atoms with Crippen LogP contribution in [0.1, 0.15) is 6.42 Å². The summed E-state index contributed by atoms with van der Waals surface area (Å²) in [5, 5.41) is 27.1. The van der Waals surface area contributed by atoms with Gasteiger partial charge in [0, 0.05) is 6.42 Å². The van der Waals surface area contributed by atoms with Gasteiger partial charge in [0.1, 0.15) is 5.76 Å². The van der Waals surface area contributed by atoms with Gasteiger partial charge in [-0.1, -0.05) is 0 Å². The smallest absolute Gasteiger partial charge is 0.313 e. The summed E-state index contributed by atoms with van der Waals surface area (Å²) < 4.78 is 4.41. The minimum absolute atomic E-state index is 0.0530. The summed E-state index contributed by atoms with van der Waals surface area (Å²) in [5.74, 6) is -2.79. The molecule has 13 heavy (non-hydrogen) atoms. The molecule has 5 heteroatoms. The van der Waals surface area contributed by atoms with Crippen molar-refractivity contribution in [3.63, 3.8) is 0 Å². The highest BCUT2D eigenvalue weighted by atomic mass is 16.5. The van der Waals surface area contributed by atoms with E-state index in [-0.39, 0.29) is 6.42 Å². The summed E-state index contributed by atoms with van der Waals surface area (Å²) in [6.45, 7) is 0. The van der Waals surface area contributed by atoms with Gasteiger partial charge >= 0.3 is 5.97 Å². The van der Waals surface area contributed by atoms with Crippen molar-refractivity contribution >= 4 is 5.97 Å². The molecule has 0 heterocycles. The summed E-state index contributed by atoms with van der Waals surface area (Å²) in [6.07, 6.45) is 1.09. The highest BCUT2D eigenvalue weighted by Gasteiger charge is 2.26. The van der Waals surface area contributed by atoms with E-state index in [1.54, 1.807) is 0 Å². The number of carbonyl (C=O) groups is 1. The standard InChI is InChI=1S/C8H10O5/c1-13-8(12)4-2-5(9)7(11)6(10)3-4/h2,4,9-11H,3H2,1H3. The molecule has 0 amide bonds. The largest absolute Gasteiger partial charge is 0.508 e. The van der Waals surface area contributed by atoms with Gasteiger partial charge in [-0.25, -0.2) is 0 Å². The predicted octanol–water partition coefficient (Wildman–Crippen LogP) is 0.949. The van der Waals surface area contributed by atoms with Crippen LogP contribution in [0.2, 0.25) is 0 Å². The van der Waals surface area contributed by atoms with Crippen molar-refractivity contribution in [1.29, 1.82) is 0 Å². The second kappa shape index (κ2) is 3.38. The third kappa shape index (κ3) is 1.74. The second-order valence-electron chi connectivity index (χ2n) is 2.68. The Bertz CT molecular complexity index is 289. The Hall–Kier alpha value is -1.65. The van der Waals surface area contributed by atoms with Crippen molar-refractivity contribution in [3.05, 3.63) is 23.4 Å². The molecule has 1 unspecified atom stereocenters. The van der Waals surface area contributed by atoms with Crippen LogP contribution in [-0.2, 0) is 9.53 Å². The van der Waals surface area contributed by atoms with Gasteiger partial charge in [-0.15, -0.1) is 0 Å². The van der Waals surface area contributed by atoms with Crippen LogP contribution >= 0.6 is 0 Å². The summed E-state index contributed by atoms with van der Waals surface area (Å²) in [6, 6.07) is 0. The monoisotopic (exact) mass is 186 g/mol. The number of aliphatic hydroxyl groups is 3. The molecule has 0 bridgehead atoms. The van der Waals surface area contributed by atoms with Crippen molar-refractivity contribution in [2.24, 2.45) is 5.92 Å². The molecule has 5 nitrogen and oxygen atoms in total. The first-order valence-corrected chi connectivity index (χ1v) is 3.66. The van der Waals surface area contributed by atoms with E-state index in [1.807, 2.05) is 0 Å². The van der Waals surface area contributed by atoms with Crippen LogP contribution in [0.5, 0.6) is 0 Å². The minimum Gasteiger partial charge on any atom is -0.508 e. The molecule has 0 aromatic rings. The first kappa shape index (κ1) is 9.44. The zero-order chi connectivity index (χ0) is 10.0. The number of esters is 1. The number of hydrogen-bond donors (Lipinski definition) is 3. The molecule has 0 aromatic carbocycles. The van der Waals surface area contributed by atoms with E-state index in [1.165, 1.54) is 7.11 Å². The molecular formula is C8H10O5. The lowest BCUT2D eigenvalue weighted by atomic mass is 9.98. The Morgan fingerprint density at radius 1 is 1.54 bits per heavy atom. The fraction of sp³-hybridized carbons (Fsp3) is 0.375. The van der Waals surface area contributed by atoms with Crippen molar-refractivity contribution in [2.75, 3.05) is 7.11 Å². The number of rotatable bonds is 1. The van der Waals surface area contributed by atoms with E-state index >= 15 is 0 Å². The average molecular weight is 186 g/mol. The molecule has 1 rings (SSSR count). The topological polar surface area (TPSA) is 87.0 Å². The van der Waals surface area contributed by atoms with Gasteiger partial charge < -0.3 is 20.1 Å². The zero-order valence-electron chi connectivity index (χ0n) is 7.02. The summed E-state index contributed by atoms with van der Waals surface area (Å²) in [5.41, 5.74) is 0. The van der Waals surface area contributed by atoms with E-state index in [0.29, 0.717) is 0 Å². The van der Waals surface area contributed by atoms with Crippen LogP contribution < -0.4 is 0 Å². The van der Waals surface area contributed by atoms with Crippen LogP contribution in [0.15, 0.2) is 23.4 Å². The van der Waals surface area contributed by atoms with Crippen LogP contribution in [0.4, 0.5) is 0 Å². The third-order valence-electron chi connectivity index (χ3n) is 1.79. The number of aliphatic hydroxyl groups excluding tert-OH is 3. The van der Waals surface area contributed by atoms with E-state index in [9.17, 15) is 4.79 Å². The second-order valence-corrected chi connectivity index (χ2v) is 2.68. The molecule has 0 saturated carbocycles. The summed E-state index contributed by atoms with van der Waals surface area (Å²) in [7, 11) is 1.21. The maximum absolute atomic E-state index is 11.0. The molecular weight excluding hydrogens is 176 g/mol. The number of ether oxygens (including phenoxy) is 1. The van der Waals surface area contributed by atoms with Gasteiger partial charge in [-0.3, -0.25) is 4.79 Å². The predicted molar refractivity (Wildman–Crippen MR) is 43.1 cm³/mol. The molecule has 0 aromatic heterocycles. The van der Waals surface area contributed by atoms with Crippen LogP contribution in [0, 0.1) is 5.92 Å². The van der Waals surface area contributed by atoms with E-state index in [2.05, 4.69) is 4.74 Å². The highest BCUT2D eigenvalue weighted by molar-refractivity contribution is 5.75. The van der Waals surface area contributed by atoms with Gasteiger partial charge in [-0.2, -0.15) is 0 Å².